The van der Waals surface area contributed by atoms with Crippen LogP contribution in [-0.2, 0) is 17.5 Å². The second kappa shape index (κ2) is 5.07. The van der Waals surface area contributed by atoms with Crippen LogP contribution >= 0.6 is 0 Å². The Kier molecular flexibility index (Phi) is 3.15. The lowest BCUT2D eigenvalue weighted by atomic mass is 10.0. The number of carbonyl (C=O) groups is 2. The van der Waals surface area contributed by atoms with E-state index >= 15 is 0 Å². The average Bonchev–Trinajstić information content (AvgIpc) is 3.13. The van der Waals surface area contributed by atoms with Crippen LogP contribution < -0.4 is 5.43 Å². The SMILES string of the molecule is O=C(O)Cn1c2c(c(=O)c3cc(C(F)(F)F)ccc31)C(=O)n1cccc1-2. The maximum absolute atomic E-state index is 13.0. The number of fused-ring (bicyclic) bond motifs is 4. The lowest BCUT2D eigenvalue weighted by Crippen LogP contribution is -2.22. The van der Waals surface area contributed by atoms with Crippen molar-refractivity contribution in [2.75, 3.05) is 0 Å². The standard InChI is InChI=1S/C17H9F3N2O4/c18-17(19,20)8-3-4-10-9(6-8)15(25)13-14(22(10)7-12(23)24)11-2-1-5-21(11)16(13)26/h1-6H,7H2,(H,23,24). The minimum Gasteiger partial charge on any atom is -0.480 e. The molecular weight excluding hydrogens is 353 g/mol. The molecule has 1 N–H and O–H groups in total. The minimum absolute atomic E-state index is 0.0200. The van der Waals surface area contributed by atoms with Crippen LogP contribution in [0.1, 0.15) is 15.9 Å². The van der Waals surface area contributed by atoms with E-state index in [9.17, 15) is 32.7 Å². The fraction of sp³-hybridized carbons (Fsp3) is 0.118. The highest BCUT2D eigenvalue weighted by molar-refractivity contribution is 6.10. The molecule has 1 aromatic carbocycles. The molecule has 6 nitrogen and oxygen atoms in total. The maximum Gasteiger partial charge on any atom is 0.416 e. The highest BCUT2D eigenvalue weighted by atomic mass is 19.4. The molecule has 0 radical (unpaired) electrons. The number of aliphatic carboxylic acids is 1. The lowest BCUT2D eigenvalue weighted by molar-refractivity contribution is -0.138. The third-order valence-electron chi connectivity index (χ3n) is 4.31. The van der Waals surface area contributed by atoms with E-state index in [0.717, 1.165) is 12.1 Å². The molecule has 0 spiro atoms. The third kappa shape index (κ3) is 2.10. The summed E-state index contributed by atoms with van der Waals surface area (Å²) in [4.78, 5) is 36.6. The van der Waals surface area contributed by atoms with Crippen LogP contribution in [0, 0.1) is 0 Å². The van der Waals surface area contributed by atoms with E-state index in [4.69, 9.17) is 0 Å². The maximum atomic E-state index is 13.0. The van der Waals surface area contributed by atoms with Gasteiger partial charge in [0.25, 0.3) is 5.91 Å². The van der Waals surface area contributed by atoms with E-state index in [2.05, 4.69) is 0 Å². The van der Waals surface area contributed by atoms with Crippen molar-refractivity contribution in [3.63, 3.8) is 0 Å². The van der Waals surface area contributed by atoms with Crippen LogP contribution in [0.15, 0.2) is 41.3 Å². The first-order valence-electron chi connectivity index (χ1n) is 7.42. The normalized spacial score (nSPS) is 13.1. The molecule has 1 aliphatic rings. The van der Waals surface area contributed by atoms with Crippen molar-refractivity contribution in [3.8, 4) is 11.4 Å². The molecule has 0 unspecified atom stereocenters. The number of carbonyl (C=O) groups excluding carboxylic acids is 1. The number of carboxylic acids is 1. The Balaban J connectivity index is 2.16. The second-order valence-corrected chi connectivity index (χ2v) is 5.83. The molecule has 2 aromatic heterocycles. The van der Waals surface area contributed by atoms with Crippen LogP contribution in [0.3, 0.4) is 0 Å². The molecule has 3 aromatic rings. The first-order chi connectivity index (χ1) is 12.2. The van der Waals surface area contributed by atoms with Gasteiger partial charge in [0.2, 0.25) is 5.43 Å². The molecule has 0 amide bonds. The van der Waals surface area contributed by atoms with Gasteiger partial charge in [-0.3, -0.25) is 19.0 Å². The zero-order valence-electron chi connectivity index (χ0n) is 12.9. The monoisotopic (exact) mass is 362 g/mol. The van der Waals surface area contributed by atoms with Crippen molar-refractivity contribution in [2.24, 2.45) is 0 Å². The van der Waals surface area contributed by atoms with Crippen LogP contribution in [0.2, 0.25) is 0 Å². The van der Waals surface area contributed by atoms with Crippen LogP contribution in [0.25, 0.3) is 22.3 Å². The highest BCUT2D eigenvalue weighted by Crippen LogP contribution is 2.35. The molecule has 0 aliphatic carbocycles. The van der Waals surface area contributed by atoms with Crippen molar-refractivity contribution in [2.45, 2.75) is 12.7 Å². The fourth-order valence-electron chi connectivity index (χ4n) is 3.26. The molecule has 132 valence electrons. The van der Waals surface area contributed by atoms with Gasteiger partial charge in [-0.05, 0) is 30.3 Å². The van der Waals surface area contributed by atoms with E-state index in [1.54, 1.807) is 6.07 Å². The number of benzene rings is 1. The van der Waals surface area contributed by atoms with Gasteiger partial charge in [-0.15, -0.1) is 0 Å². The summed E-state index contributed by atoms with van der Waals surface area (Å²) in [7, 11) is 0. The summed E-state index contributed by atoms with van der Waals surface area (Å²) >= 11 is 0. The summed E-state index contributed by atoms with van der Waals surface area (Å²) in [5, 5.41) is 8.86. The van der Waals surface area contributed by atoms with E-state index in [1.807, 2.05) is 0 Å². The largest absolute Gasteiger partial charge is 0.480 e. The lowest BCUT2D eigenvalue weighted by Gasteiger charge is -2.15. The Bertz CT molecular complexity index is 1170. The summed E-state index contributed by atoms with van der Waals surface area (Å²) in [5.74, 6) is -1.95. The van der Waals surface area contributed by atoms with Gasteiger partial charge in [0, 0.05) is 11.6 Å². The van der Waals surface area contributed by atoms with Gasteiger partial charge in [0.1, 0.15) is 12.1 Å². The number of halogens is 3. The molecule has 26 heavy (non-hydrogen) atoms. The van der Waals surface area contributed by atoms with Crippen molar-refractivity contribution < 1.29 is 27.9 Å². The number of aromatic nitrogens is 2. The molecule has 0 saturated heterocycles. The Hall–Kier alpha value is -3.36. The van der Waals surface area contributed by atoms with Gasteiger partial charge < -0.3 is 9.67 Å². The second-order valence-electron chi connectivity index (χ2n) is 5.83. The zero-order valence-corrected chi connectivity index (χ0v) is 12.9. The smallest absolute Gasteiger partial charge is 0.416 e. The van der Waals surface area contributed by atoms with E-state index < -0.39 is 35.6 Å². The van der Waals surface area contributed by atoms with Gasteiger partial charge in [-0.2, -0.15) is 13.2 Å². The van der Waals surface area contributed by atoms with Gasteiger partial charge >= 0.3 is 12.1 Å². The number of hydrogen-bond acceptors (Lipinski definition) is 3. The Labute approximate surface area is 142 Å². The summed E-state index contributed by atoms with van der Waals surface area (Å²) in [6.45, 7) is -0.608. The molecule has 1 aliphatic heterocycles. The predicted molar refractivity (Wildman–Crippen MR) is 84.0 cm³/mol. The molecule has 0 atom stereocenters. The first kappa shape index (κ1) is 16.1. The van der Waals surface area contributed by atoms with Crippen molar-refractivity contribution in [1.82, 2.24) is 9.13 Å². The summed E-state index contributed by atoms with van der Waals surface area (Å²) in [6, 6.07) is 5.58. The number of alkyl halides is 3. The molecule has 3 heterocycles. The predicted octanol–water partition coefficient (Wildman–Crippen LogP) is 2.58. The molecule has 9 heteroatoms. The van der Waals surface area contributed by atoms with Crippen LogP contribution in [0.5, 0.6) is 0 Å². The van der Waals surface area contributed by atoms with E-state index in [-0.39, 0.29) is 22.2 Å². The molecular formula is C17H9F3N2O4. The van der Waals surface area contributed by atoms with Crippen LogP contribution in [-0.4, -0.2) is 26.1 Å². The summed E-state index contributed by atoms with van der Waals surface area (Å²) in [5.41, 5.74) is -1.78. The first-order valence-corrected chi connectivity index (χ1v) is 7.42. The highest BCUT2D eigenvalue weighted by Gasteiger charge is 2.35. The Morgan fingerprint density at radius 2 is 1.88 bits per heavy atom. The summed E-state index contributed by atoms with van der Waals surface area (Å²) < 4.78 is 41.4. The van der Waals surface area contributed by atoms with Gasteiger partial charge in [0.05, 0.1) is 22.5 Å². The van der Waals surface area contributed by atoms with Gasteiger partial charge in [0.15, 0.2) is 0 Å². The third-order valence-corrected chi connectivity index (χ3v) is 4.31. The number of pyridine rings is 1. The number of rotatable bonds is 2. The summed E-state index contributed by atoms with van der Waals surface area (Å²) in [6.07, 6.45) is -3.26. The van der Waals surface area contributed by atoms with Crippen LogP contribution in [0.4, 0.5) is 13.2 Å². The van der Waals surface area contributed by atoms with E-state index in [1.165, 1.54) is 21.4 Å². The molecule has 0 saturated carbocycles. The fourth-order valence-corrected chi connectivity index (χ4v) is 3.26. The van der Waals surface area contributed by atoms with Crippen molar-refractivity contribution in [1.29, 1.82) is 0 Å². The quantitative estimate of drug-likeness (QED) is 0.594. The Morgan fingerprint density at radius 3 is 2.54 bits per heavy atom. The number of hydrogen-bond donors (Lipinski definition) is 1. The van der Waals surface area contributed by atoms with Gasteiger partial charge in [-0.25, -0.2) is 0 Å². The zero-order chi connectivity index (χ0) is 18.8. The molecule has 4 rings (SSSR count). The number of carboxylic acid groups (broad SMARTS) is 1. The Morgan fingerprint density at radius 1 is 1.15 bits per heavy atom. The topological polar surface area (TPSA) is 81.3 Å². The average molecular weight is 362 g/mol. The van der Waals surface area contributed by atoms with Crippen molar-refractivity contribution in [3.05, 3.63) is 57.9 Å². The molecule has 0 bridgehead atoms. The molecule has 0 fully saturated rings. The van der Waals surface area contributed by atoms with Gasteiger partial charge in [-0.1, -0.05) is 0 Å². The van der Waals surface area contributed by atoms with Crippen molar-refractivity contribution >= 4 is 22.8 Å². The number of nitrogens with zero attached hydrogens (tertiary/aromatic N) is 2. The minimum atomic E-state index is -4.67. The van der Waals surface area contributed by atoms with E-state index in [0.29, 0.717) is 11.8 Å².